The average Bonchev–Trinajstić information content (AvgIpc) is 3.70. The number of methoxy groups -OCH3 is 1. The summed E-state index contributed by atoms with van der Waals surface area (Å²) in [5.41, 5.74) is 5.75. The Morgan fingerprint density at radius 1 is 0.982 bits per heavy atom. The Morgan fingerprint density at radius 2 is 1.68 bits per heavy atom. The molecule has 3 rings (SSSR count). The molecule has 8 N–H and O–H groups in total. The van der Waals surface area contributed by atoms with Crippen molar-refractivity contribution in [1.82, 2.24) is 36.9 Å². The largest absolute Gasteiger partial charge is 0.469 e. The van der Waals surface area contributed by atoms with Crippen LogP contribution in [0.15, 0.2) is 46.9 Å². The van der Waals surface area contributed by atoms with Crippen LogP contribution in [-0.4, -0.2) is 96.7 Å². The molecule has 0 unspecified atom stereocenters. The minimum Gasteiger partial charge on any atom is -0.469 e. The van der Waals surface area contributed by atoms with Gasteiger partial charge < -0.3 is 42.4 Å². The number of benzene rings is 1. The second kappa shape index (κ2) is 21.4. The fourth-order valence-electron chi connectivity index (χ4n) is 6.14. The summed E-state index contributed by atoms with van der Waals surface area (Å²) in [6, 6.07) is 3.48. The molecule has 0 spiro atoms. The number of ether oxygens (including phenoxy) is 1. The lowest BCUT2D eigenvalue weighted by atomic mass is 9.85. The van der Waals surface area contributed by atoms with Crippen LogP contribution in [-0.2, 0) is 33.5 Å². The molecule has 5 amide bonds. The van der Waals surface area contributed by atoms with Crippen molar-refractivity contribution in [1.29, 1.82) is 0 Å². The SMILES string of the molecule is COC(=O)C[C@@H](NC(=O)[C@@H](NC(=O)[C@H](C)/N=C1\NCC(=O)N[C@@H](CCCCN)C(=O)N[C@@H](C(C)C)C(=O)N[C@H]1C(C)(C)C)[C@@H](C)c1ccccc1)c1nccs1. The maximum absolute atomic E-state index is 14.1. The monoisotopic (exact) mass is 797 g/mol. The smallest absolute Gasteiger partial charge is 0.308 e. The van der Waals surface area contributed by atoms with Crippen molar-refractivity contribution in [2.75, 3.05) is 20.2 Å². The van der Waals surface area contributed by atoms with Gasteiger partial charge in [0.2, 0.25) is 29.5 Å². The third-order valence-electron chi connectivity index (χ3n) is 9.48. The molecule has 7 atom stereocenters. The molecular weight excluding hydrogens is 739 g/mol. The van der Waals surface area contributed by atoms with Crippen LogP contribution in [0, 0.1) is 11.3 Å². The predicted molar refractivity (Wildman–Crippen MR) is 214 cm³/mol. The predicted octanol–water partition coefficient (Wildman–Crippen LogP) is 1.83. The normalized spacial score (nSPS) is 21.1. The van der Waals surface area contributed by atoms with Crippen LogP contribution < -0.4 is 37.6 Å². The summed E-state index contributed by atoms with van der Waals surface area (Å²) in [7, 11) is 1.26. The molecule has 1 fully saturated rings. The number of aromatic nitrogens is 1. The van der Waals surface area contributed by atoms with E-state index in [1.54, 1.807) is 25.4 Å². The molecule has 0 bridgehead atoms. The first-order valence-electron chi connectivity index (χ1n) is 19.0. The molecule has 1 aromatic heterocycles. The van der Waals surface area contributed by atoms with Crippen LogP contribution in [0.25, 0.3) is 0 Å². The molecule has 2 heterocycles. The fourth-order valence-corrected chi connectivity index (χ4v) is 6.83. The first-order valence-corrected chi connectivity index (χ1v) is 19.9. The van der Waals surface area contributed by atoms with E-state index in [0.29, 0.717) is 30.8 Å². The van der Waals surface area contributed by atoms with Gasteiger partial charge in [0, 0.05) is 17.5 Å². The summed E-state index contributed by atoms with van der Waals surface area (Å²) in [6.07, 6.45) is 2.97. The van der Waals surface area contributed by atoms with Gasteiger partial charge >= 0.3 is 5.97 Å². The molecular formula is C39H59N9O7S. The Labute approximate surface area is 333 Å². The van der Waals surface area contributed by atoms with Gasteiger partial charge in [0.15, 0.2) is 0 Å². The van der Waals surface area contributed by atoms with E-state index in [0.717, 1.165) is 5.56 Å². The molecule has 1 aromatic carbocycles. The highest BCUT2D eigenvalue weighted by Gasteiger charge is 2.38. The van der Waals surface area contributed by atoms with E-state index in [9.17, 15) is 28.8 Å². The van der Waals surface area contributed by atoms with Gasteiger partial charge in [-0.25, -0.2) is 4.98 Å². The molecule has 308 valence electrons. The van der Waals surface area contributed by atoms with Gasteiger partial charge in [-0.1, -0.05) is 71.9 Å². The van der Waals surface area contributed by atoms with E-state index >= 15 is 0 Å². The van der Waals surface area contributed by atoms with Crippen molar-refractivity contribution >= 4 is 52.7 Å². The van der Waals surface area contributed by atoms with Gasteiger partial charge in [0.05, 0.1) is 32.2 Å². The maximum Gasteiger partial charge on any atom is 0.308 e. The lowest BCUT2D eigenvalue weighted by Crippen LogP contribution is -2.62. The number of amidine groups is 1. The average molecular weight is 798 g/mol. The Balaban J connectivity index is 1.99. The van der Waals surface area contributed by atoms with Crippen LogP contribution in [0.3, 0.4) is 0 Å². The number of aliphatic imine (C=N–C) groups is 1. The number of rotatable bonds is 15. The first-order chi connectivity index (χ1) is 26.5. The van der Waals surface area contributed by atoms with E-state index in [-0.39, 0.29) is 24.7 Å². The zero-order valence-electron chi connectivity index (χ0n) is 33.6. The third kappa shape index (κ3) is 13.4. The number of carbonyl (C=O) groups is 6. The van der Waals surface area contributed by atoms with Gasteiger partial charge in [-0.3, -0.25) is 33.8 Å². The quantitative estimate of drug-likeness (QED) is 0.102. The van der Waals surface area contributed by atoms with Gasteiger partial charge in [-0.05, 0) is 49.6 Å². The zero-order chi connectivity index (χ0) is 41.6. The number of nitrogens with two attached hydrogens (primary N) is 1. The summed E-state index contributed by atoms with van der Waals surface area (Å²) in [4.78, 5) is 90.1. The van der Waals surface area contributed by atoms with Crippen molar-refractivity contribution < 1.29 is 33.5 Å². The summed E-state index contributed by atoms with van der Waals surface area (Å²) in [5, 5.41) is 19.7. The number of hydrogen-bond donors (Lipinski definition) is 7. The Kier molecular flexibility index (Phi) is 17.4. The molecule has 0 saturated carbocycles. The number of amides is 5. The first kappa shape index (κ1) is 45.5. The number of nitrogens with zero attached hydrogens (tertiary/aromatic N) is 2. The van der Waals surface area contributed by atoms with Crippen LogP contribution >= 0.6 is 11.3 Å². The molecule has 0 aliphatic carbocycles. The highest BCUT2D eigenvalue weighted by atomic mass is 32.1. The van der Waals surface area contributed by atoms with Crippen molar-refractivity contribution in [3.05, 3.63) is 52.5 Å². The van der Waals surface area contributed by atoms with E-state index < -0.39 is 83.1 Å². The highest BCUT2D eigenvalue weighted by Crippen LogP contribution is 2.25. The Hall–Kier alpha value is -4.90. The molecule has 56 heavy (non-hydrogen) atoms. The van der Waals surface area contributed by atoms with Crippen molar-refractivity contribution in [2.45, 2.75) is 116 Å². The molecule has 1 aliphatic heterocycles. The number of hydrogen-bond acceptors (Lipinski definition) is 11. The number of esters is 1. The molecule has 0 radical (unpaired) electrons. The molecule has 1 aliphatic rings. The number of nitrogens with one attached hydrogen (secondary N) is 6. The number of carbonyl (C=O) groups excluding carboxylic acids is 6. The minimum atomic E-state index is -1.12. The molecule has 2 aromatic rings. The van der Waals surface area contributed by atoms with Crippen molar-refractivity contribution in [2.24, 2.45) is 22.1 Å². The topological polar surface area (TPSA) is 235 Å². The highest BCUT2D eigenvalue weighted by molar-refractivity contribution is 7.09. The van der Waals surface area contributed by atoms with E-state index in [1.165, 1.54) is 18.4 Å². The van der Waals surface area contributed by atoms with Crippen LogP contribution in [0.4, 0.5) is 0 Å². The summed E-state index contributed by atoms with van der Waals surface area (Å²) >= 11 is 1.27. The standard InChI is InChI=1S/C39H59N9O7S/c1-22(2)30-36(53)48-32(39(5,6)7)33(42-21-28(49)44-26(35(52)46-30)16-12-13-17-40)43-24(4)34(51)47-31(23(3)25-14-10-9-11-15-25)37(54)45-27(20-29(50)55-8)38-41-18-19-56-38/h9-11,14-15,18-19,22-24,26-27,30-32H,12-13,16-17,20-21,40H2,1-8H3,(H,42,43)(H,44,49)(H,45,54)(H,46,52)(H,47,51)(H,48,53)/t23-,24-,26-,27+,30-,31-,32+/m0/s1. The van der Waals surface area contributed by atoms with Gasteiger partial charge in [0.1, 0.15) is 35.0 Å². The maximum atomic E-state index is 14.1. The fraction of sp³-hybridized carbons (Fsp3) is 0.590. The van der Waals surface area contributed by atoms with Crippen molar-refractivity contribution in [3.8, 4) is 0 Å². The lowest BCUT2D eigenvalue weighted by Gasteiger charge is -2.36. The Morgan fingerprint density at radius 3 is 2.27 bits per heavy atom. The van der Waals surface area contributed by atoms with E-state index in [1.807, 2.05) is 65.0 Å². The van der Waals surface area contributed by atoms with Gasteiger partial charge in [0.25, 0.3) is 0 Å². The zero-order valence-corrected chi connectivity index (χ0v) is 34.5. The molecule has 16 nitrogen and oxygen atoms in total. The lowest BCUT2D eigenvalue weighted by molar-refractivity contribution is -0.141. The molecule has 1 saturated heterocycles. The Bertz CT molecular complexity index is 1660. The van der Waals surface area contributed by atoms with Crippen LogP contribution in [0.1, 0.15) is 96.7 Å². The van der Waals surface area contributed by atoms with Crippen molar-refractivity contribution in [3.63, 3.8) is 0 Å². The third-order valence-corrected chi connectivity index (χ3v) is 10.4. The second-order valence-electron chi connectivity index (χ2n) is 15.4. The minimum absolute atomic E-state index is 0.164. The number of thiazole rings is 1. The van der Waals surface area contributed by atoms with Gasteiger partial charge in [-0.15, -0.1) is 11.3 Å². The summed E-state index contributed by atoms with van der Waals surface area (Å²) in [6.45, 7) is 12.7. The van der Waals surface area contributed by atoms with Gasteiger partial charge in [-0.2, -0.15) is 0 Å². The number of unbranched alkanes of at least 4 members (excludes halogenated alkanes) is 1. The van der Waals surface area contributed by atoms with E-state index in [2.05, 4.69) is 36.9 Å². The van der Waals surface area contributed by atoms with Crippen LogP contribution in [0.2, 0.25) is 0 Å². The van der Waals surface area contributed by atoms with Crippen LogP contribution in [0.5, 0.6) is 0 Å². The molecule has 17 heteroatoms. The summed E-state index contributed by atoms with van der Waals surface area (Å²) < 4.78 is 4.87. The van der Waals surface area contributed by atoms with E-state index in [4.69, 9.17) is 15.5 Å². The summed E-state index contributed by atoms with van der Waals surface area (Å²) in [5.74, 6) is -3.79. The second-order valence-corrected chi connectivity index (χ2v) is 16.3.